The number of carboxylic acids is 1. The molecule has 0 saturated heterocycles. The van der Waals surface area contributed by atoms with E-state index in [4.69, 9.17) is 5.14 Å². The van der Waals surface area contributed by atoms with Crippen LogP contribution in [0.1, 0.15) is 10.5 Å². The molecule has 2 rings (SSSR count). The van der Waals surface area contributed by atoms with Gasteiger partial charge in [0, 0.05) is 18.6 Å². The van der Waals surface area contributed by atoms with E-state index in [-0.39, 0.29) is 35.2 Å². The second-order valence-corrected chi connectivity index (χ2v) is 4.69. The van der Waals surface area contributed by atoms with Crippen LogP contribution in [0, 0.1) is 0 Å². The molecule has 0 fully saturated rings. The first kappa shape index (κ1) is 15.0. The van der Waals surface area contributed by atoms with Gasteiger partial charge in [0.2, 0.25) is 0 Å². The zero-order valence-electron chi connectivity index (χ0n) is 9.48. The summed E-state index contributed by atoms with van der Waals surface area (Å²) in [5.74, 6) is -1.62. The standard InChI is InChI=1S/C9H9N3O4S.Na/c10-17(15,16)12-6-3-7(8(12)9(13)14)11-4-1-2-5-11;/h1-6H,(H,13,14)(H2,10,15,16);/q;+1/p-1. The van der Waals surface area contributed by atoms with Gasteiger partial charge in [-0.1, -0.05) is 0 Å². The van der Waals surface area contributed by atoms with Gasteiger partial charge in [-0.3, -0.25) is 0 Å². The summed E-state index contributed by atoms with van der Waals surface area (Å²) in [4.78, 5) is 11.0. The number of carbonyl (C=O) groups excluding carboxylic acids is 1. The Morgan fingerprint density at radius 1 is 1.22 bits per heavy atom. The number of rotatable bonds is 3. The second-order valence-electron chi connectivity index (χ2n) is 3.27. The smallest absolute Gasteiger partial charge is 0.543 e. The molecule has 7 nitrogen and oxygen atoms in total. The van der Waals surface area contributed by atoms with Crippen LogP contribution >= 0.6 is 0 Å². The number of hydrogen-bond donors (Lipinski definition) is 1. The number of carboxylic acid groups (broad SMARTS) is 1. The molecule has 2 heterocycles. The molecule has 2 N–H and O–H groups in total. The van der Waals surface area contributed by atoms with Gasteiger partial charge in [-0.05, 0) is 18.2 Å². The summed E-state index contributed by atoms with van der Waals surface area (Å²) >= 11 is 0. The summed E-state index contributed by atoms with van der Waals surface area (Å²) in [6.45, 7) is 0. The molecule has 90 valence electrons. The Labute approximate surface area is 125 Å². The molecule has 2 aromatic heterocycles. The van der Waals surface area contributed by atoms with Crippen molar-refractivity contribution < 1.29 is 47.9 Å². The van der Waals surface area contributed by atoms with E-state index in [0.29, 0.717) is 3.97 Å². The molecule has 0 aromatic carbocycles. The fourth-order valence-corrected chi connectivity index (χ4v) is 2.17. The third-order valence-electron chi connectivity index (χ3n) is 2.18. The van der Waals surface area contributed by atoms with Gasteiger partial charge in [0.05, 0.1) is 11.7 Å². The van der Waals surface area contributed by atoms with Gasteiger partial charge in [0.15, 0.2) is 0 Å². The summed E-state index contributed by atoms with van der Waals surface area (Å²) in [7, 11) is -4.17. The van der Waals surface area contributed by atoms with Crippen LogP contribution in [0.3, 0.4) is 0 Å². The van der Waals surface area contributed by atoms with E-state index >= 15 is 0 Å². The van der Waals surface area contributed by atoms with Crippen LogP contribution in [0.4, 0.5) is 0 Å². The number of carbonyl (C=O) groups is 1. The molecule has 0 unspecified atom stereocenters. The van der Waals surface area contributed by atoms with E-state index in [0.717, 1.165) is 6.20 Å². The summed E-state index contributed by atoms with van der Waals surface area (Å²) in [5, 5.41) is 15.9. The average molecular weight is 277 g/mol. The minimum atomic E-state index is -4.17. The fourth-order valence-electron chi connectivity index (χ4n) is 1.51. The zero-order valence-corrected chi connectivity index (χ0v) is 12.3. The molecule has 0 amide bonds. The van der Waals surface area contributed by atoms with Gasteiger partial charge in [-0.25, -0.2) is 9.11 Å². The molecule has 0 aliphatic heterocycles. The molecule has 0 aliphatic rings. The SMILES string of the molecule is NS(=O)(=O)n1ccc(-n2cccc2)c1C(=O)[O-].[Na+]. The summed E-state index contributed by atoms with van der Waals surface area (Å²) in [6.07, 6.45) is 4.22. The molecule has 18 heavy (non-hydrogen) atoms. The zero-order chi connectivity index (χ0) is 12.6. The average Bonchev–Trinajstić information content (AvgIpc) is 2.84. The largest absolute Gasteiger partial charge is 1.00 e. The van der Waals surface area contributed by atoms with Gasteiger partial charge in [-0.2, -0.15) is 8.42 Å². The summed E-state index contributed by atoms with van der Waals surface area (Å²) in [5.41, 5.74) is -0.340. The predicted molar refractivity (Wildman–Crippen MR) is 56.6 cm³/mol. The number of hydrogen-bond acceptors (Lipinski definition) is 4. The number of nitrogens with two attached hydrogens (primary N) is 1. The number of aromatic nitrogens is 2. The normalized spacial score (nSPS) is 10.9. The topological polar surface area (TPSA) is 110 Å². The molecule has 0 radical (unpaired) electrons. The molecule has 0 saturated carbocycles. The molecule has 0 bridgehead atoms. The summed E-state index contributed by atoms with van der Waals surface area (Å²) in [6, 6.07) is 4.68. The maximum absolute atomic E-state index is 11.2. The first-order chi connectivity index (χ1) is 7.91. The molecule has 9 heteroatoms. The molecule has 2 aromatic rings. The van der Waals surface area contributed by atoms with Crippen molar-refractivity contribution >= 4 is 16.2 Å². The first-order valence-corrected chi connectivity index (χ1v) is 6.01. The third-order valence-corrected chi connectivity index (χ3v) is 3.03. The fraction of sp³-hybridized carbons (Fsp3) is 0. The van der Waals surface area contributed by atoms with E-state index in [1.807, 2.05) is 0 Å². The van der Waals surface area contributed by atoms with Crippen LogP contribution in [0.15, 0.2) is 36.8 Å². The molecule has 0 atom stereocenters. The van der Waals surface area contributed by atoms with Crippen molar-refractivity contribution in [2.75, 3.05) is 0 Å². The quantitative estimate of drug-likeness (QED) is 0.572. The van der Waals surface area contributed by atoms with Gasteiger partial charge >= 0.3 is 39.8 Å². The molecule has 0 aliphatic carbocycles. The Morgan fingerprint density at radius 3 is 2.22 bits per heavy atom. The van der Waals surface area contributed by atoms with Crippen molar-refractivity contribution in [2.45, 2.75) is 0 Å². The van der Waals surface area contributed by atoms with Crippen molar-refractivity contribution in [1.82, 2.24) is 8.54 Å². The van der Waals surface area contributed by atoms with E-state index in [9.17, 15) is 18.3 Å². The van der Waals surface area contributed by atoms with Gasteiger partial charge < -0.3 is 14.5 Å². The first-order valence-electron chi connectivity index (χ1n) is 4.50. The van der Waals surface area contributed by atoms with Crippen LogP contribution < -0.4 is 39.8 Å². The monoisotopic (exact) mass is 277 g/mol. The minimum Gasteiger partial charge on any atom is -0.543 e. The van der Waals surface area contributed by atoms with E-state index in [2.05, 4.69) is 0 Å². The van der Waals surface area contributed by atoms with Crippen LogP contribution in [-0.2, 0) is 10.2 Å². The maximum Gasteiger partial charge on any atom is 1.00 e. The third kappa shape index (κ3) is 2.68. The molecule has 0 spiro atoms. The van der Waals surface area contributed by atoms with Gasteiger partial charge in [-0.15, -0.1) is 0 Å². The Hall–Kier alpha value is -1.06. The Balaban J connectivity index is 0.00000162. The maximum atomic E-state index is 11.2. The van der Waals surface area contributed by atoms with Crippen molar-refractivity contribution in [1.29, 1.82) is 0 Å². The second kappa shape index (κ2) is 5.29. The number of nitrogens with zero attached hydrogens (tertiary/aromatic N) is 2. The Kier molecular flexibility index (Phi) is 4.41. The van der Waals surface area contributed by atoms with Crippen LogP contribution in [0.5, 0.6) is 0 Å². The van der Waals surface area contributed by atoms with Crippen molar-refractivity contribution in [3.63, 3.8) is 0 Å². The van der Waals surface area contributed by atoms with Crippen molar-refractivity contribution in [3.05, 3.63) is 42.5 Å². The van der Waals surface area contributed by atoms with Gasteiger partial charge in [0.25, 0.3) is 0 Å². The minimum absolute atomic E-state index is 0. The van der Waals surface area contributed by atoms with E-state index in [1.165, 1.54) is 10.6 Å². The Morgan fingerprint density at radius 2 is 1.78 bits per heavy atom. The summed E-state index contributed by atoms with van der Waals surface area (Å²) < 4.78 is 24.3. The van der Waals surface area contributed by atoms with Crippen molar-refractivity contribution in [2.24, 2.45) is 5.14 Å². The Bertz CT molecular complexity index is 660. The molecular formula is C9H8N3NaO4S. The van der Waals surface area contributed by atoms with Crippen molar-refractivity contribution in [3.8, 4) is 5.69 Å². The van der Waals surface area contributed by atoms with Crippen LogP contribution in [0.25, 0.3) is 5.69 Å². The van der Waals surface area contributed by atoms with Gasteiger partial charge in [0.1, 0.15) is 5.69 Å². The molecular weight excluding hydrogens is 269 g/mol. The van der Waals surface area contributed by atoms with Crippen LogP contribution in [-0.4, -0.2) is 22.9 Å². The predicted octanol–water partition coefficient (Wildman–Crippen LogP) is -4.30. The van der Waals surface area contributed by atoms with E-state index in [1.54, 1.807) is 24.5 Å². The van der Waals surface area contributed by atoms with Crippen LogP contribution in [0.2, 0.25) is 0 Å². The number of aromatic carboxylic acids is 1. The van der Waals surface area contributed by atoms with E-state index < -0.39 is 21.9 Å².